The van der Waals surface area contributed by atoms with Gasteiger partial charge in [-0.05, 0) is 49.9 Å². The number of aryl methyl sites for hydroxylation is 1. The van der Waals surface area contributed by atoms with Crippen LogP contribution >= 0.6 is 0 Å². The second-order valence-electron chi connectivity index (χ2n) is 9.10. The quantitative estimate of drug-likeness (QED) is 0.728. The molecule has 1 saturated carbocycles. The minimum atomic E-state index is -0.204. The molecule has 2 aromatic rings. The van der Waals surface area contributed by atoms with Gasteiger partial charge in [-0.1, -0.05) is 19.3 Å². The van der Waals surface area contributed by atoms with Crippen LogP contribution in [0.25, 0.3) is 11.4 Å². The molecular formula is C24H29N5O3. The van der Waals surface area contributed by atoms with E-state index in [0.717, 1.165) is 68.7 Å². The Morgan fingerprint density at radius 3 is 2.38 bits per heavy atom. The maximum Gasteiger partial charge on any atom is 0.233 e. The lowest BCUT2D eigenvalue weighted by molar-refractivity contribution is -0.140. The molecule has 1 aromatic carbocycles. The van der Waals surface area contributed by atoms with Gasteiger partial charge in [0.25, 0.3) is 0 Å². The zero-order valence-electron chi connectivity index (χ0n) is 18.3. The van der Waals surface area contributed by atoms with Crippen LogP contribution in [0.15, 0.2) is 24.3 Å². The van der Waals surface area contributed by atoms with Gasteiger partial charge in [0.2, 0.25) is 17.7 Å². The Labute approximate surface area is 187 Å². The number of hydrogen-bond donors (Lipinski definition) is 1. The smallest absolute Gasteiger partial charge is 0.233 e. The fourth-order valence-electron chi connectivity index (χ4n) is 5.29. The molecule has 32 heavy (non-hydrogen) atoms. The first kappa shape index (κ1) is 20.8. The molecule has 1 aliphatic carbocycles. The zero-order chi connectivity index (χ0) is 22.1. The molecule has 2 fully saturated rings. The lowest BCUT2D eigenvalue weighted by atomic mass is 9.81. The molecule has 5 rings (SSSR count). The van der Waals surface area contributed by atoms with Crippen LogP contribution in [0.4, 0.5) is 5.69 Å². The van der Waals surface area contributed by atoms with E-state index in [1.54, 1.807) is 0 Å². The Bertz CT molecular complexity index is 1000. The Morgan fingerprint density at radius 1 is 0.938 bits per heavy atom. The first-order chi connectivity index (χ1) is 15.6. The van der Waals surface area contributed by atoms with E-state index in [1.807, 2.05) is 24.3 Å². The average Bonchev–Trinajstić information content (AvgIpc) is 3.21. The molecule has 0 radical (unpaired) electrons. The molecule has 1 N–H and O–H groups in total. The molecule has 2 aliphatic heterocycles. The topological polar surface area (TPSA) is 97.2 Å². The van der Waals surface area contributed by atoms with Crippen LogP contribution < -0.4 is 5.32 Å². The molecule has 3 aliphatic rings. The maximum atomic E-state index is 12.6. The highest BCUT2D eigenvalue weighted by Gasteiger charge is 2.47. The van der Waals surface area contributed by atoms with E-state index < -0.39 is 0 Å². The monoisotopic (exact) mass is 435 g/mol. The number of likely N-dealkylation sites (tertiary alicyclic amines) is 1. The summed E-state index contributed by atoms with van der Waals surface area (Å²) in [4.78, 5) is 38.9. The highest BCUT2D eigenvalue weighted by molar-refractivity contribution is 6.05. The molecule has 0 spiro atoms. The van der Waals surface area contributed by atoms with Crippen LogP contribution in [0, 0.1) is 11.8 Å². The van der Waals surface area contributed by atoms with E-state index in [1.165, 1.54) is 11.3 Å². The number of fused-ring (bicyclic) bond motifs is 2. The Hall–Kier alpha value is -3.03. The summed E-state index contributed by atoms with van der Waals surface area (Å²) >= 11 is 0. The van der Waals surface area contributed by atoms with Gasteiger partial charge in [-0.25, -0.2) is 0 Å². The summed E-state index contributed by atoms with van der Waals surface area (Å²) in [7, 11) is 0. The number of benzene rings is 1. The third-order valence-electron chi connectivity index (χ3n) is 7.03. The van der Waals surface area contributed by atoms with Crippen LogP contribution in [-0.4, -0.2) is 43.9 Å². The van der Waals surface area contributed by atoms with Gasteiger partial charge in [0.05, 0.1) is 11.8 Å². The van der Waals surface area contributed by atoms with E-state index in [9.17, 15) is 14.4 Å². The van der Waals surface area contributed by atoms with Crippen molar-refractivity contribution in [1.29, 1.82) is 0 Å². The van der Waals surface area contributed by atoms with Crippen LogP contribution in [0.5, 0.6) is 0 Å². The second-order valence-corrected chi connectivity index (χ2v) is 9.10. The highest BCUT2D eigenvalue weighted by Crippen LogP contribution is 2.38. The van der Waals surface area contributed by atoms with Crippen molar-refractivity contribution in [3.8, 4) is 11.4 Å². The van der Waals surface area contributed by atoms with Gasteiger partial charge < -0.3 is 9.88 Å². The normalized spacial score (nSPS) is 22.9. The molecule has 2 atom stereocenters. The van der Waals surface area contributed by atoms with Crippen molar-refractivity contribution >= 4 is 23.4 Å². The molecule has 0 unspecified atom stereocenters. The Morgan fingerprint density at radius 2 is 1.66 bits per heavy atom. The summed E-state index contributed by atoms with van der Waals surface area (Å²) < 4.78 is 2.20. The van der Waals surface area contributed by atoms with Gasteiger partial charge in [-0.15, -0.1) is 10.2 Å². The van der Waals surface area contributed by atoms with Gasteiger partial charge in [-0.2, -0.15) is 0 Å². The van der Waals surface area contributed by atoms with Crippen molar-refractivity contribution in [1.82, 2.24) is 19.7 Å². The van der Waals surface area contributed by atoms with E-state index in [0.29, 0.717) is 5.69 Å². The number of carbonyl (C=O) groups excluding carboxylic acids is 3. The molecule has 1 aromatic heterocycles. The van der Waals surface area contributed by atoms with Gasteiger partial charge >= 0.3 is 0 Å². The van der Waals surface area contributed by atoms with E-state index in [2.05, 4.69) is 20.1 Å². The van der Waals surface area contributed by atoms with Gasteiger partial charge in [0, 0.05) is 37.2 Å². The van der Waals surface area contributed by atoms with Crippen molar-refractivity contribution in [3.05, 3.63) is 30.1 Å². The van der Waals surface area contributed by atoms with Crippen LogP contribution in [-0.2, 0) is 27.3 Å². The van der Waals surface area contributed by atoms with Crippen molar-refractivity contribution in [3.63, 3.8) is 0 Å². The van der Waals surface area contributed by atoms with Crippen molar-refractivity contribution in [2.45, 2.75) is 64.3 Å². The molecule has 8 nitrogen and oxygen atoms in total. The number of anilines is 1. The molecule has 168 valence electrons. The lowest BCUT2D eigenvalue weighted by Crippen LogP contribution is -2.34. The van der Waals surface area contributed by atoms with Crippen LogP contribution in [0.1, 0.15) is 57.2 Å². The Kier molecular flexibility index (Phi) is 5.76. The number of carbonyl (C=O) groups is 3. The van der Waals surface area contributed by atoms with Gasteiger partial charge in [-0.3, -0.25) is 19.3 Å². The number of imide groups is 1. The predicted octanol–water partition coefficient (Wildman–Crippen LogP) is 3.18. The molecule has 1 saturated heterocycles. The van der Waals surface area contributed by atoms with E-state index in [4.69, 9.17) is 0 Å². The molecular weight excluding hydrogens is 406 g/mol. The minimum Gasteiger partial charge on any atom is -0.326 e. The summed E-state index contributed by atoms with van der Waals surface area (Å²) in [5.41, 5.74) is 1.65. The molecule has 0 bridgehead atoms. The largest absolute Gasteiger partial charge is 0.326 e. The third-order valence-corrected chi connectivity index (χ3v) is 7.03. The first-order valence-electron chi connectivity index (χ1n) is 11.8. The van der Waals surface area contributed by atoms with E-state index in [-0.39, 0.29) is 42.5 Å². The molecule has 3 amide bonds. The maximum absolute atomic E-state index is 12.6. The number of rotatable bonds is 5. The predicted molar refractivity (Wildman–Crippen MR) is 118 cm³/mol. The Balaban J connectivity index is 1.18. The lowest BCUT2D eigenvalue weighted by Gasteiger charge is -2.19. The van der Waals surface area contributed by atoms with Crippen LogP contribution in [0.2, 0.25) is 0 Å². The van der Waals surface area contributed by atoms with Crippen LogP contribution in [0.3, 0.4) is 0 Å². The second kappa shape index (κ2) is 8.84. The third kappa shape index (κ3) is 3.94. The molecule has 3 heterocycles. The zero-order valence-corrected chi connectivity index (χ0v) is 18.3. The summed E-state index contributed by atoms with van der Waals surface area (Å²) in [6.45, 7) is 1.09. The van der Waals surface area contributed by atoms with Gasteiger partial charge in [0.15, 0.2) is 5.82 Å². The summed E-state index contributed by atoms with van der Waals surface area (Å²) in [6.07, 6.45) is 8.16. The van der Waals surface area contributed by atoms with Crippen molar-refractivity contribution in [2.75, 3.05) is 11.9 Å². The number of amides is 3. The summed E-state index contributed by atoms with van der Waals surface area (Å²) in [6, 6.07) is 7.59. The summed E-state index contributed by atoms with van der Waals surface area (Å²) in [5.74, 6) is 1.18. The number of aromatic nitrogens is 3. The van der Waals surface area contributed by atoms with E-state index >= 15 is 0 Å². The van der Waals surface area contributed by atoms with Gasteiger partial charge in [0.1, 0.15) is 5.82 Å². The van der Waals surface area contributed by atoms with Crippen molar-refractivity contribution < 1.29 is 14.4 Å². The average molecular weight is 436 g/mol. The molecule has 8 heteroatoms. The summed E-state index contributed by atoms with van der Waals surface area (Å²) in [5, 5.41) is 11.6. The SMILES string of the molecule is O=C(CCN1C(=O)[C@H]2CCCC[C@@H]2C1=O)Nc1ccc(-c2nnc3n2CCCCC3)cc1. The number of hydrogen-bond acceptors (Lipinski definition) is 5. The highest BCUT2D eigenvalue weighted by atomic mass is 16.2. The first-order valence-corrected chi connectivity index (χ1v) is 11.8. The number of nitrogens with one attached hydrogen (secondary N) is 1. The fraction of sp³-hybridized carbons (Fsp3) is 0.542. The minimum absolute atomic E-state index is 0.0932. The number of nitrogens with zero attached hydrogens (tertiary/aromatic N) is 4. The fourth-order valence-corrected chi connectivity index (χ4v) is 5.29. The standard InChI is InChI=1S/C24H29N5O3/c30-21(13-15-29-23(31)18-6-3-4-7-19(18)24(29)32)25-17-11-9-16(10-12-17)22-27-26-20-8-2-1-5-14-28(20)22/h9-12,18-19H,1-8,13-15H2,(H,25,30)/t18-,19-/m0/s1. The van der Waals surface area contributed by atoms with Crippen molar-refractivity contribution in [2.24, 2.45) is 11.8 Å².